The molecule has 1 aromatic carbocycles. The van der Waals surface area contributed by atoms with Crippen molar-refractivity contribution in [2.24, 2.45) is 0 Å². The molecule has 0 saturated heterocycles. The molecular formula is C14H20BrNO4S. The van der Waals surface area contributed by atoms with Crippen LogP contribution in [0.5, 0.6) is 0 Å². The molecule has 0 heterocycles. The van der Waals surface area contributed by atoms with Crippen LogP contribution >= 0.6 is 15.9 Å². The highest BCUT2D eigenvalue weighted by Gasteiger charge is 2.26. The first kappa shape index (κ1) is 18.1. The van der Waals surface area contributed by atoms with E-state index in [9.17, 15) is 13.2 Å². The molecule has 1 aromatic rings. The normalized spacial score (nSPS) is 12.2. The largest absolute Gasteiger partial charge is 0.462 e. The molecule has 0 aliphatic carbocycles. The van der Waals surface area contributed by atoms with Crippen LogP contribution in [0.4, 0.5) is 0 Å². The smallest absolute Gasteiger partial charge is 0.338 e. The molecule has 0 aliphatic rings. The second kappa shape index (κ2) is 6.89. The van der Waals surface area contributed by atoms with Gasteiger partial charge in [0.25, 0.3) is 0 Å². The molecule has 0 radical (unpaired) electrons. The van der Waals surface area contributed by atoms with Gasteiger partial charge in [0.2, 0.25) is 10.0 Å². The first-order valence-electron chi connectivity index (χ1n) is 6.63. The summed E-state index contributed by atoms with van der Waals surface area (Å²) >= 11 is 3.20. The number of sulfonamides is 1. The Morgan fingerprint density at radius 2 is 1.95 bits per heavy atom. The van der Waals surface area contributed by atoms with E-state index in [1.54, 1.807) is 6.92 Å². The van der Waals surface area contributed by atoms with Gasteiger partial charge in [-0.3, -0.25) is 0 Å². The van der Waals surface area contributed by atoms with Gasteiger partial charge in [-0.25, -0.2) is 17.9 Å². The highest BCUT2D eigenvalue weighted by Crippen LogP contribution is 2.25. The van der Waals surface area contributed by atoms with Crippen molar-refractivity contribution < 1.29 is 17.9 Å². The number of benzene rings is 1. The van der Waals surface area contributed by atoms with E-state index in [0.29, 0.717) is 16.5 Å². The summed E-state index contributed by atoms with van der Waals surface area (Å²) in [4.78, 5) is 11.7. The minimum atomic E-state index is -3.66. The lowest BCUT2D eigenvalue weighted by atomic mass is 10.0. The van der Waals surface area contributed by atoms with Gasteiger partial charge >= 0.3 is 5.97 Å². The maximum Gasteiger partial charge on any atom is 0.338 e. The molecule has 1 rings (SSSR count). The summed E-state index contributed by atoms with van der Waals surface area (Å²) in [6.45, 7) is 7.50. The van der Waals surface area contributed by atoms with Gasteiger partial charge in [0.15, 0.2) is 0 Å². The Morgan fingerprint density at radius 3 is 2.43 bits per heavy atom. The lowest BCUT2D eigenvalue weighted by Gasteiger charge is -2.24. The predicted octanol–water partition coefficient (Wildman–Crippen LogP) is 3.09. The van der Waals surface area contributed by atoms with E-state index in [2.05, 4.69) is 20.7 Å². The second-order valence-corrected chi connectivity index (χ2v) is 7.71. The third-order valence-electron chi connectivity index (χ3n) is 3.03. The molecule has 0 atom stereocenters. The molecule has 0 fully saturated rings. The van der Waals surface area contributed by atoms with E-state index in [1.807, 2.05) is 20.8 Å². The van der Waals surface area contributed by atoms with Crippen LogP contribution in [0, 0.1) is 0 Å². The van der Waals surface area contributed by atoms with E-state index >= 15 is 0 Å². The summed E-state index contributed by atoms with van der Waals surface area (Å²) in [7, 11) is -3.66. The van der Waals surface area contributed by atoms with Gasteiger partial charge in [0.05, 0.1) is 17.1 Å². The fraction of sp³-hybridized carbons (Fsp3) is 0.500. The molecule has 0 bridgehead atoms. The van der Waals surface area contributed by atoms with Crippen LogP contribution in [0.15, 0.2) is 27.6 Å². The van der Waals surface area contributed by atoms with Gasteiger partial charge in [-0.05, 0) is 61.3 Å². The Hall–Kier alpha value is -0.920. The Balaban J connectivity index is 3.13. The molecule has 0 aliphatic heterocycles. The van der Waals surface area contributed by atoms with Crippen LogP contribution in [0.25, 0.3) is 0 Å². The van der Waals surface area contributed by atoms with Crippen molar-refractivity contribution in [1.29, 1.82) is 0 Å². The summed E-state index contributed by atoms with van der Waals surface area (Å²) in [6.07, 6.45) is 0.657. The first-order valence-corrected chi connectivity index (χ1v) is 8.91. The molecular weight excluding hydrogens is 358 g/mol. The number of hydrogen-bond acceptors (Lipinski definition) is 4. The minimum Gasteiger partial charge on any atom is -0.462 e. The summed E-state index contributed by atoms with van der Waals surface area (Å²) in [5, 5.41) is 0. The van der Waals surface area contributed by atoms with Gasteiger partial charge in [-0.1, -0.05) is 6.92 Å². The summed E-state index contributed by atoms with van der Waals surface area (Å²) in [5.74, 6) is -0.482. The zero-order valence-corrected chi connectivity index (χ0v) is 15.0. The van der Waals surface area contributed by atoms with Crippen molar-refractivity contribution in [3.63, 3.8) is 0 Å². The number of carbonyl (C=O) groups excluding carboxylic acids is 1. The van der Waals surface area contributed by atoms with Crippen LogP contribution < -0.4 is 4.72 Å². The number of hydrogen-bond donors (Lipinski definition) is 1. The van der Waals surface area contributed by atoms with Crippen LogP contribution in [-0.4, -0.2) is 26.5 Å². The topological polar surface area (TPSA) is 72.5 Å². The number of ether oxygens (including phenoxy) is 1. The van der Waals surface area contributed by atoms with Crippen LogP contribution in [0.2, 0.25) is 0 Å². The molecule has 0 aromatic heterocycles. The maximum atomic E-state index is 12.4. The van der Waals surface area contributed by atoms with Crippen molar-refractivity contribution >= 4 is 31.9 Å². The molecule has 1 N–H and O–H groups in total. The molecule has 118 valence electrons. The lowest BCUT2D eigenvalue weighted by Crippen LogP contribution is -2.42. The SMILES string of the molecule is CCOC(=O)c1ccc(S(=O)(=O)NC(C)(C)CC)c(Br)c1. The van der Waals surface area contributed by atoms with E-state index in [4.69, 9.17) is 4.74 Å². The van der Waals surface area contributed by atoms with E-state index in [1.165, 1.54) is 18.2 Å². The fourth-order valence-electron chi connectivity index (χ4n) is 1.55. The van der Waals surface area contributed by atoms with Crippen molar-refractivity contribution in [2.45, 2.75) is 44.6 Å². The average molecular weight is 378 g/mol. The number of esters is 1. The molecule has 0 spiro atoms. The number of nitrogens with one attached hydrogen (secondary N) is 1. The van der Waals surface area contributed by atoms with Crippen molar-refractivity contribution in [3.05, 3.63) is 28.2 Å². The Kier molecular flexibility index (Phi) is 5.95. The minimum absolute atomic E-state index is 0.0945. The molecule has 21 heavy (non-hydrogen) atoms. The van der Waals surface area contributed by atoms with E-state index in [0.717, 1.165) is 0 Å². The molecule has 0 amide bonds. The standard InChI is InChI=1S/C14H20BrNO4S/c1-5-14(3,4)16-21(18,19)12-8-7-10(9-11(12)15)13(17)20-6-2/h7-9,16H,5-6H2,1-4H3. The van der Waals surface area contributed by atoms with Crippen LogP contribution in [0.3, 0.4) is 0 Å². The Labute approximate surface area is 134 Å². The third-order valence-corrected chi connectivity index (χ3v) is 5.70. The zero-order chi connectivity index (χ0) is 16.3. The van der Waals surface area contributed by atoms with Gasteiger partial charge in [0.1, 0.15) is 0 Å². The molecule has 5 nitrogen and oxygen atoms in total. The fourth-order valence-corrected chi connectivity index (χ4v) is 4.11. The quantitative estimate of drug-likeness (QED) is 0.773. The Bertz CT molecular complexity index is 626. The number of halogens is 1. The lowest BCUT2D eigenvalue weighted by molar-refractivity contribution is 0.0526. The summed E-state index contributed by atoms with van der Waals surface area (Å²) in [5.41, 5.74) is -0.240. The number of carbonyl (C=O) groups is 1. The van der Waals surface area contributed by atoms with E-state index in [-0.39, 0.29) is 11.5 Å². The molecule has 0 saturated carbocycles. The molecule has 0 unspecified atom stereocenters. The average Bonchev–Trinajstić information content (AvgIpc) is 2.37. The van der Waals surface area contributed by atoms with Gasteiger partial charge in [-0.2, -0.15) is 0 Å². The van der Waals surface area contributed by atoms with Crippen molar-refractivity contribution in [3.8, 4) is 0 Å². The van der Waals surface area contributed by atoms with Crippen LogP contribution in [0.1, 0.15) is 44.5 Å². The maximum absolute atomic E-state index is 12.4. The number of rotatable bonds is 6. The van der Waals surface area contributed by atoms with Crippen LogP contribution in [-0.2, 0) is 14.8 Å². The second-order valence-electron chi connectivity index (χ2n) is 5.21. The van der Waals surface area contributed by atoms with Gasteiger partial charge < -0.3 is 4.74 Å². The van der Waals surface area contributed by atoms with Crippen molar-refractivity contribution in [2.75, 3.05) is 6.61 Å². The summed E-state index contributed by atoms with van der Waals surface area (Å²) < 4.78 is 32.6. The summed E-state index contributed by atoms with van der Waals surface area (Å²) in [6, 6.07) is 4.28. The Morgan fingerprint density at radius 1 is 1.33 bits per heavy atom. The predicted molar refractivity (Wildman–Crippen MR) is 84.8 cm³/mol. The van der Waals surface area contributed by atoms with Gasteiger partial charge in [-0.15, -0.1) is 0 Å². The molecule has 7 heteroatoms. The highest BCUT2D eigenvalue weighted by atomic mass is 79.9. The highest BCUT2D eigenvalue weighted by molar-refractivity contribution is 9.10. The third kappa shape index (κ3) is 4.79. The van der Waals surface area contributed by atoms with E-state index < -0.39 is 21.5 Å². The first-order chi connectivity index (χ1) is 9.63. The van der Waals surface area contributed by atoms with Crippen molar-refractivity contribution in [1.82, 2.24) is 4.72 Å². The van der Waals surface area contributed by atoms with Gasteiger partial charge in [0, 0.05) is 10.0 Å². The monoisotopic (exact) mass is 377 g/mol. The zero-order valence-electron chi connectivity index (χ0n) is 12.6.